The van der Waals surface area contributed by atoms with E-state index in [1.807, 2.05) is 20.2 Å². The van der Waals surface area contributed by atoms with Gasteiger partial charge in [-0.1, -0.05) is 0 Å². The third-order valence-electron chi connectivity index (χ3n) is 3.82. The number of carbonyl (C=O) groups excluding carboxylic acids is 1. The third-order valence-corrected chi connectivity index (χ3v) is 6.95. The van der Waals surface area contributed by atoms with Crippen LogP contribution in [0.25, 0.3) is 22.2 Å². The molecule has 3 nitrogen and oxygen atoms in total. The van der Waals surface area contributed by atoms with Crippen molar-refractivity contribution < 1.29 is 4.79 Å². The van der Waals surface area contributed by atoms with Crippen molar-refractivity contribution in [3.8, 4) is 11.1 Å². The first kappa shape index (κ1) is 14.3. The van der Waals surface area contributed by atoms with Gasteiger partial charge in [-0.2, -0.15) is 0 Å². The molecule has 2 aromatic carbocycles. The van der Waals surface area contributed by atoms with Gasteiger partial charge < -0.3 is 0 Å². The minimum atomic E-state index is -1.16. The van der Waals surface area contributed by atoms with E-state index >= 15 is 0 Å². The van der Waals surface area contributed by atoms with E-state index in [-0.39, 0.29) is 0 Å². The quantitative estimate of drug-likeness (QED) is 0.438. The predicted octanol–water partition coefficient (Wildman–Crippen LogP) is 3.03. The van der Waals surface area contributed by atoms with Gasteiger partial charge >= 0.3 is 136 Å². The van der Waals surface area contributed by atoms with E-state index in [0.717, 1.165) is 39.6 Å². The molecule has 1 aromatic heterocycles. The Morgan fingerprint density at radius 2 is 1.86 bits per heavy atom. The predicted molar refractivity (Wildman–Crippen MR) is 88.3 cm³/mol. The van der Waals surface area contributed by atoms with Crippen LogP contribution in [0.1, 0.15) is 21.5 Å². The number of hydrogen-bond acceptors (Lipinski definition) is 2. The van der Waals surface area contributed by atoms with E-state index in [0.29, 0.717) is 0 Å². The molecule has 0 aliphatic carbocycles. The molecule has 1 heterocycles. The molecule has 0 aliphatic heterocycles. The van der Waals surface area contributed by atoms with Gasteiger partial charge in [0, 0.05) is 0 Å². The molecule has 21 heavy (non-hydrogen) atoms. The van der Waals surface area contributed by atoms with E-state index in [4.69, 9.17) is 0 Å². The normalized spacial score (nSPS) is 10.6. The Morgan fingerprint density at radius 1 is 1.14 bits per heavy atom. The van der Waals surface area contributed by atoms with Crippen molar-refractivity contribution >= 4 is 45.4 Å². The zero-order valence-corrected chi connectivity index (χ0v) is 16.6. The van der Waals surface area contributed by atoms with Crippen LogP contribution >= 0.6 is 0 Å². The van der Waals surface area contributed by atoms with Crippen molar-refractivity contribution in [1.29, 1.82) is 0 Å². The maximum absolute atomic E-state index is 11.1. The first-order chi connectivity index (χ1) is 10.1. The number of benzene rings is 2. The summed E-state index contributed by atoms with van der Waals surface area (Å²) in [5.74, 6) is 0. The molecule has 0 aliphatic rings. The summed E-state index contributed by atoms with van der Waals surface area (Å²) in [6.07, 6.45) is 2.84. The van der Waals surface area contributed by atoms with Gasteiger partial charge in [0.05, 0.1) is 0 Å². The van der Waals surface area contributed by atoms with Crippen LogP contribution in [-0.4, -0.2) is 41.8 Å². The third kappa shape index (κ3) is 2.50. The monoisotopic (exact) mass is 468 g/mol. The van der Waals surface area contributed by atoms with Gasteiger partial charge in [0.25, 0.3) is 0 Å². The molecule has 3 rings (SSSR count). The molecule has 0 fully saturated rings. The Bertz CT molecular complexity index is 841. The van der Waals surface area contributed by atoms with E-state index < -0.39 is 24.0 Å². The summed E-state index contributed by atoms with van der Waals surface area (Å²) in [6.45, 7) is 3.96. The first-order valence-electron chi connectivity index (χ1n) is 6.80. The van der Waals surface area contributed by atoms with Gasteiger partial charge in [0.1, 0.15) is 0 Å². The van der Waals surface area contributed by atoms with Gasteiger partial charge in [-0.3, -0.25) is 0 Å². The molecule has 0 spiro atoms. The SMILES string of the molecule is [CH2]=[Tl][n]1cnc2ccc(-c3cc(C)c(C=O)c(C)c3)cc21. The van der Waals surface area contributed by atoms with Crippen molar-refractivity contribution in [3.63, 3.8) is 0 Å². The molecule has 0 saturated heterocycles. The molecule has 0 atom stereocenters. The number of rotatable bonds is 3. The zero-order valence-electron chi connectivity index (χ0n) is 12.1. The van der Waals surface area contributed by atoms with Crippen molar-refractivity contribution in [2.45, 2.75) is 13.8 Å². The molecule has 3 aromatic rings. The van der Waals surface area contributed by atoms with Crippen LogP contribution in [0, 0.1) is 13.8 Å². The number of hydrogen-bond donors (Lipinski definition) is 0. The van der Waals surface area contributed by atoms with Crippen LogP contribution in [0.15, 0.2) is 36.7 Å². The van der Waals surface area contributed by atoms with E-state index in [1.165, 1.54) is 5.52 Å². The molecular formula is C17H15N2OTl. The van der Waals surface area contributed by atoms with Crippen LogP contribution < -0.4 is 0 Å². The van der Waals surface area contributed by atoms with Crippen LogP contribution in [0.4, 0.5) is 0 Å². The fourth-order valence-electron chi connectivity index (χ4n) is 2.68. The van der Waals surface area contributed by atoms with Crippen molar-refractivity contribution in [3.05, 3.63) is 53.3 Å². The van der Waals surface area contributed by atoms with Gasteiger partial charge in [-0.15, -0.1) is 0 Å². The van der Waals surface area contributed by atoms with Gasteiger partial charge in [0.2, 0.25) is 0 Å². The summed E-state index contributed by atoms with van der Waals surface area (Å²) >= 11 is -1.16. The molecule has 0 unspecified atom stereocenters. The summed E-state index contributed by atoms with van der Waals surface area (Å²) in [4.78, 5) is 15.5. The van der Waals surface area contributed by atoms with Gasteiger partial charge in [-0.05, 0) is 0 Å². The number of carbonyl (C=O) groups is 1. The van der Waals surface area contributed by atoms with E-state index in [2.05, 4.69) is 41.8 Å². The van der Waals surface area contributed by atoms with Crippen LogP contribution in [0.5, 0.6) is 0 Å². The fourth-order valence-corrected chi connectivity index (χ4v) is 4.87. The number of aldehydes is 1. The molecule has 0 bridgehead atoms. The fraction of sp³-hybridized carbons (Fsp3) is 0.118. The molecule has 0 radical (unpaired) electrons. The maximum atomic E-state index is 11.1. The molecule has 0 saturated carbocycles. The second kappa shape index (κ2) is 5.63. The molecule has 0 amide bonds. The Labute approximate surface area is 135 Å². The van der Waals surface area contributed by atoms with Crippen LogP contribution in [0.3, 0.4) is 0 Å². The Balaban J connectivity index is 2.20. The average Bonchev–Trinajstić information content (AvgIpc) is 2.89. The molecular weight excluding hydrogens is 453 g/mol. The molecule has 0 N–H and O–H groups in total. The molecule has 102 valence electrons. The number of imidazole rings is 1. The number of fused-ring (bicyclic) bond motifs is 1. The second-order valence-corrected chi connectivity index (χ2v) is 8.76. The standard InChI is InChI=1S/C16H14N2O.CH2.Tl/c1-10-5-13(6-11(2)14(10)8-19)12-3-4-15-16(7-12)18-9-17-15;;/h3-9H,1-2H3,(H,17,18,19);1H2;/q;;+1/p-1. The average molecular weight is 468 g/mol. The summed E-state index contributed by atoms with van der Waals surface area (Å²) in [5.41, 5.74) is 7.33. The van der Waals surface area contributed by atoms with Crippen molar-refractivity contribution in [1.82, 2.24) is 7.36 Å². The summed E-state index contributed by atoms with van der Waals surface area (Å²) in [5, 5.41) is 0. The number of aryl methyl sites for hydroxylation is 2. The van der Waals surface area contributed by atoms with Crippen molar-refractivity contribution in [2.24, 2.45) is 0 Å². The van der Waals surface area contributed by atoms with Crippen molar-refractivity contribution in [2.75, 3.05) is 0 Å². The van der Waals surface area contributed by atoms with Gasteiger partial charge in [0.15, 0.2) is 0 Å². The van der Waals surface area contributed by atoms with Crippen LogP contribution in [-0.2, 0) is 0 Å². The summed E-state index contributed by atoms with van der Waals surface area (Å²) in [6, 6.07) is 10.5. The zero-order chi connectivity index (χ0) is 15.0. The summed E-state index contributed by atoms with van der Waals surface area (Å²) in [7, 11) is 0. The number of nitrogens with zero attached hydrogens (tertiary/aromatic N) is 2. The Morgan fingerprint density at radius 3 is 2.48 bits per heavy atom. The second-order valence-electron chi connectivity index (χ2n) is 5.18. The minimum absolute atomic E-state index is 0.790. The Hall–Kier alpha value is -1.63. The first-order valence-corrected chi connectivity index (χ1v) is 12.0. The van der Waals surface area contributed by atoms with E-state index in [1.54, 1.807) is 0 Å². The Kier molecular flexibility index (Phi) is 3.84. The topological polar surface area (TPSA) is 34.9 Å². The molecule has 4 heteroatoms. The number of aromatic nitrogens is 2. The summed E-state index contributed by atoms with van der Waals surface area (Å²) < 4.78 is 6.36. The van der Waals surface area contributed by atoms with Crippen LogP contribution in [0.2, 0.25) is 0 Å². The van der Waals surface area contributed by atoms with Gasteiger partial charge in [-0.25, -0.2) is 0 Å². The van der Waals surface area contributed by atoms with E-state index in [9.17, 15) is 4.79 Å².